The minimum atomic E-state index is -3.95. The summed E-state index contributed by atoms with van der Waals surface area (Å²) in [4.78, 5) is 12.6. The number of amides is 1. The summed E-state index contributed by atoms with van der Waals surface area (Å²) in [5.74, 6) is -0.944. The van der Waals surface area contributed by atoms with Crippen LogP contribution in [0.1, 0.15) is 18.5 Å². The lowest BCUT2D eigenvalue weighted by Gasteiger charge is -2.24. The van der Waals surface area contributed by atoms with E-state index in [1.54, 1.807) is 11.4 Å². The molecular weight excluding hydrogens is 399 g/mol. The number of anilines is 1. The summed E-state index contributed by atoms with van der Waals surface area (Å²) in [6.45, 7) is 1.41. The van der Waals surface area contributed by atoms with E-state index < -0.39 is 28.3 Å². The number of sulfonamides is 1. The number of rotatable bonds is 7. The fourth-order valence-corrected chi connectivity index (χ4v) is 5.21. The Balaban J connectivity index is 1.85. The predicted octanol–water partition coefficient (Wildman–Crippen LogP) is 3.96. The van der Waals surface area contributed by atoms with Crippen molar-refractivity contribution in [3.63, 3.8) is 0 Å². The minimum absolute atomic E-state index is 0.112. The molecule has 28 heavy (non-hydrogen) atoms. The van der Waals surface area contributed by atoms with Crippen molar-refractivity contribution in [3.8, 4) is 0 Å². The molecule has 1 atom stereocenters. The maximum absolute atomic E-state index is 13.3. The average molecular weight is 419 g/mol. The fourth-order valence-electron chi connectivity index (χ4n) is 2.68. The van der Waals surface area contributed by atoms with Gasteiger partial charge in [0.2, 0.25) is 5.91 Å². The molecule has 146 valence electrons. The van der Waals surface area contributed by atoms with Gasteiger partial charge in [-0.25, -0.2) is 12.8 Å². The second-order valence-corrected chi connectivity index (χ2v) is 9.16. The first-order valence-corrected chi connectivity index (χ1v) is 10.9. The van der Waals surface area contributed by atoms with Gasteiger partial charge in [0, 0.05) is 0 Å². The lowest BCUT2D eigenvalue weighted by atomic mass is 10.1. The molecule has 0 aliphatic carbocycles. The van der Waals surface area contributed by atoms with Crippen LogP contribution in [0.2, 0.25) is 0 Å². The number of carbonyl (C=O) groups is 1. The zero-order valence-corrected chi connectivity index (χ0v) is 16.7. The van der Waals surface area contributed by atoms with Crippen LogP contribution in [0.5, 0.6) is 0 Å². The molecule has 0 fully saturated rings. The van der Waals surface area contributed by atoms with Crippen molar-refractivity contribution in [1.29, 1.82) is 0 Å². The van der Waals surface area contributed by atoms with E-state index in [0.29, 0.717) is 0 Å². The van der Waals surface area contributed by atoms with Crippen molar-refractivity contribution in [3.05, 3.63) is 83.5 Å². The van der Waals surface area contributed by atoms with E-state index in [-0.39, 0.29) is 15.9 Å². The largest absolute Gasteiger partial charge is 0.348 e. The summed E-state index contributed by atoms with van der Waals surface area (Å²) in [7, 11) is -3.95. The van der Waals surface area contributed by atoms with E-state index in [1.807, 2.05) is 37.3 Å². The second-order valence-electron chi connectivity index (χ2n) is 6.12. The number of carbonyl (C=O) groups excluding carboxylic acids is 1. The van der Waals surface area contributed by atoms with Crippen LogP contribution in [0.15, 0.2) is 76.3 Å². The maximum Gasteiger partial charge on any atom is 0.274 e. The number of hydrogen-bond acceptors (Lipinski definition) is 4. The fraction of sp³-hybridized carbons (Fsp3) is 0.150. The van der Waals surface area contributed by atoms with Gasteiger partial charge in [-0.15, -0.1) is 11.3 Å². The molecule has 8 heteroatoms. The molecule has 1 heterocycles. The summed E-state index contributed by atoms with van der Waals surface area (Å²) >= 11 is 1.06. The Morgan fingerprint density at radius 3 is 2.36 bits per heavy atom. The average Bonchev–Trinajstić information content (AvgIpc) is 3.23. The van der Waals surface area contributed by atoms with E-state index in [4.69, 9.17) is 0 Å². The third kappa shape index (κ3) is 4.58. The van der Waals surface area contributed by atoms with Gasteiger partial charge in [-0.3, -0.25) is 9.10 Å². The summed E-state index contributed by atoms with van der Waals surface area (Å²) in [6.07, 6.45) is 0. The smallest absolute Gasteiger partial charge is 0.274 e. The van der Waals surface area contributed by atoms with Crippen molar-refractivity contribution < 1.29 is 17.6 Å². The Hall–Kier alpha value is -2.71. The van der Waals surface area contributed by atoms with Crippen molar-refractivity contribution in [2.75, 3.05) is 10.8 Å². The highest BCUT2D eigenvalue weighted by atomic mass is 32.2. The van der Waals surface area contributed by atoms with Crippen LogP contribution in [-0.2, 0) is 14.8 Å². The molecule has 3 rings (SSSR count). The molecule has 0 radical (unpaired) electrons. The maximum atomic E-state index is 13.3. The van der Waals surface area contributed by atoms with Crippen molar-refractivity contribution in [1.82, 2.24) is 5.32 Å². The van der Waals surface area contributed by atoms with Gasteiger partial charge in [-0.2, -0.15) is 0 Å². The van der Waals surface area contributed by atoms with Gasteiger partial charge in [-0.05, 0) is 48.2 Å². The summed E-state index contributed by atoms with van der Waals surface area (Å²) < 4.78 is 40.5. The third-order valence-electron chi connectivity index (χ3n) is 4.12. The number of nitrogens with zero attached hydrogens (tertiary/aromatic N) is 1. The first-order valence-electron chi connectivity index (χ1n) is 8.54. The monoisotopic (exact) mass is 418 g/mol. The van der Waals surface area contributed by atoms with Gasteiger partial charge in [-0.1, -0.05) is 36.4 Å². The van der Waals surface area contributed by atoms with Crippen LogP contribution in [0.4, 0.5) is 10.1 Å². The Bertz CT molecular complexity index is 1020. The molecule has 0 saturated carbocycles. The van der Waals surface area contributed by atoms with Crippen LogP contribution in [0, 0.1) is 5.82 Å². The molecule has 0 bridgehead atoms. The molecule has 0 unspecified atom stereocenters. The number of benzene rings is 2. The van der Waals surface area contributed by atoms with Crippen LogP contribution in [-0.4, -0.2) is 20.9 Å². The zero-order valence-electron chi connectivity index (χ0n) is 15.1. The first-order chi connectivity index (χ1) is 13.4. The van der Waals surface area contributed by atoms with Crippen LogP contribution in [0.25, 0.3) is 0 Å². The molecular formula is C20H19FN2O3S2. The highest BCUT2D eigenvalue weighted by molar-refractivity contribution is 7.94. The molecule has 1 aromatic heterocycles. The van der Waals surface area contributed by atoms with Crippen LogP contribution < -0.4 is 9.62 Å². The lowest BCUT2D eigenvalue weighted by Crippen LogP contribution is -2.41. The molecule has 0 spiro atoms. The van der Waals surface area contributed by atoms with Gasteiger partial charge in [0.1, 0.15) is 16.6 Å². The van der Waals surface area contributed by atoms with Crippen LogP contribution in [0.3, 0.4) is 0 Å². The van der Waals surface area contributed by atoms with Crippen molar-refractivity contribution in [2.45, 2.75) is 17.2 Å². The number of nitrogens with one attached hydrogen (secondary N) is 1. The van der Waals surface area contributed by atoms with Crippen molar-refractivity contribution in [2.24, 2.45) is 0 Å². The Labute approximate surface area is 167 Å². The Morgan fingerprint density at radius 1 is 1.07 bits per heavy atom. The molecule has 0 aliphatic rings. The molecule has 2 aromatic carbocycles. The highest BCUT2D eigenvalue weighted by Crippen LogP contribution is 2.26. The number of halogens is 1. The SMILES string of the molecule is C[C@H](NC(=O)CN(c1ccc(F)cc1)S(=O)(=O)c1cccs1)c1ccccc1. The summed E-state index contributed by atoms with van der Waals surface area (Å²) in [5, 5.41) is 4.46. The molecule has 1 N–H and O–H groups in total. The summed E-state index contributed by atoms with van der Waals surface area (Å²) in [5.41, 5.74) is 1.13. The van der Waals surface area contributed by atoms with Gasteiger partial charge in [0.25, 0.3) is 10.0 Å². The van der Waals surface area contributed by atoms with Gasteiger partial charge in [0.15, 0.2) is 0 Å². The van der Waals surface area contributed by atoms with Crippen LogP contribution >= 0.6 is 11.3 Å². The zero-order chi connectivity index (χ0) is 20.1. The summed E-state index contributed by atoms with van der Waals surface area (Å²) in [6, 6.07) is 17.2. The van der Waals surface area contributed by atoms with E-state index >= 15 is 0 Å². The number of thiophene rings is 1. The van der Waals surface area contributed by atoms with E-state index in [2.05, 4.69) is 5.32 Å². The molecule has 3 aromatic rings. The first kappa shape index (κ1) is 20.0. The molecule has 5 nitrogen and oxygen atoms in total. The van der Waals surface area contributed by atoms with E-state index in [1.165, 1.54) is 18.2 Å². The highest BCUT2D eigenvalue weighted by Gasteiger charge is 2.28. The van der Waals surface area contributed by atoms with Crippen molar-refractivity contribution >= 4 is 33.0 Å². The third-order valence-corrected chi connectivity index (χ3v) is 7.27. The Kier molecular flexibility index (Phi) is 6.11. The Morgan fingerprint density at radius 2 is 1.75 bits per heavy atom. The predicted molar refractivity (Wildman–Crippen MR) is 108 cm³/mol. The van der Waals surface area contributed by atoms with E-state index in [0.717, 1.165) is 33.3 Å². The normalized spacial score (nSPS) is 12.4. The molecule has 1 amide bonds. The van der Waals surface area contributed by atoms with Gasteiger partial charge < -0.3 is 5.32 Å². The number of hydrogen-bond donors (Lipinski definition) is 1. The second kappa shape index (κ2) is 8.53. The minimum Gasteiger partial charge on any atom is -0.348 e. The quantitative estimate of drug-likeness (QED) is 0.632. The van der Waals surface area contributed by atoms with E-state index in [9.17, 15) is 17.6 Å². The van der Waals surface area contributed by atoms with Gasteiger partial charge in [0.05, 0.1) is 11.7 Å². The van der Waals surface area contributed by atoms with Gasteiger partial charge >= 0.3 is 0 Å². The topological polar surface area (TPSA) is 66.5 Å². The lowest BCUT2D eigenvalue weighted by molar-refractivity contribution is -0.120. The molecule has 0 saturated heterocycles. The molecule has 0 aliphatic heterocycles. The standard InChI is InChI=1S/C20H19FN2O3S2/c1-15(16-6-3-2-4-7-16)22-19(24)14-23(18-11-9-17(21)10-12-18)28(25,26)20-8-5-13-27-20/h2-13,15H,14H2,1H3,(H,22,24)/t15-/m0/s1.